The smallest absolute Gasteiger partial charge is 0.0714 e. The van der Waals surface area contributed by atoms with Gasteiger partial charge < -0.3 is 9.47 Å². The van der Waals surface area contributed by atoms with Crippen molar-refractivity contribution in [3.8, 4) is 0 Å². The van der Waals surface area contributed by atoms with Gasteiger partial charge in [-0.2, -0.15) is 0 Å². The molecule has 0 bridgehead atoms. The van der Waals surface area contributed by atoms with Crippen molar-refractivity contribution in [3.05, 3.63) is 0 Å². The van der Waals surface area contributed by atoms with Crippen molar-refractivity contribution >= 4 is 16.8 Å². The van der Waals surface area contributed by atoms with E-state index in [0.29, 0.717) is 29.4 Å². The number of rotatable bonds is 15. The fourth-order valence-electron chi connectivity index (χ4n) is 5.44. The summed E-state index contributed by atoms with van der Waals surface area (Å²) in [7, 11) is 0. The Bertz CT molecular complexity index is 503. The molecule has 2 fully saturated rings. The zero-order valence-electron chi connectivity index (χ0n) is 20.5. The second-order valence-corrected chi connectivity index (χ2v) is 11.4. The molecule has 3 nitrogen and oxygen atoms in total. The van der Waals surface area contributed by atoms with Gasteiger partial charge in [-0.3, -0.25) is 4.99 Å². The number of hydrogen-bond acceptors (Lipinski definition) is 4. The van der Waals surface area contributed by atoms with Gasteiger partial charge in [0.05, 0.1) is 23.3 Å². The van der Waals surface area contributed by atoms with E-state index in [-0.39, 0.29) is 0 Å². The highest BCUT2D eigenvalue weighted by atomic mass is 32.2. The molecule has 0 aromatic rings. The third-order valence-electron chi connectivity index (χ3n) is 7.50. The number of unbranched alkanes of at least 4 members (excludes halogenated alkanes) is 8. The molecule has 0 amide bonds. The number of aliphatic imine (C=N–C) groups is 1. The summed E-state index contributed by atoms with van der Waals surface area (Å²) >= 11 is 2.12. The maximum atomic E-state index is 6.27. The van der Waals surface area contributed by atoms with E-state index in [0.717, 1.165) is 13.2 Å². The van der Waals surface area contributed by atoms with Crippen molar-refractivity contribution < 1.29 is 9.47 Å². The molecular weight excluding hydrogens is 402 g/mol. The highest BCUT2D eigenvalue weighted by molar-refractivity contribution is 8.14. The molecule has 1 heterocycles. The lowest BCUT2D eigenvalue weighted by Gasteiger charge is -2.30. The summed E-state index contributed by atoms with van der Waals surface area (Å²) in [6.07, 6.45) is 23.0. The Labute approximate surface area is 196 Å². The van der Waals surface area contributed by atoms with Gasteiger partial charge in [-0.15, -0.1) is 11.8 Å². The molecule has 180 valence electrons. The van der Waals surface area contributed by atoms with Crippen LogP contribution in [-0.2, 0) is 9.47 Å². The molecular formula is C27H49NO2S. The minimum absolute atomic E-state index is 0.482. The summed E-state index contributed by atoms with van der Waals surface area (Å²) < 4.78 is 12.4. The molecule has 3 atom stereocenters. The highest BCUT2D eigenvalue weighted by Crippen LogP contribution is 2.43. The van der Waals surface area contributed by atoms with E-state index in [1.54, 1.807) is 0 Å². The molecule has 31 heavy (non-hydrogen) atoms. The molecule has 3 aliphatic rings. The summed E-state index contributed by atoms with van der Waals surface area (Å²) in [5.74, 6) is 0.707. The molecule has 0 spiro atoms. The van der Waals surface area contributed by atoms with Crippen LogP contribution in [0.1, 0.15) is 123 Å². The Morgan fingerprint density at radius 2 is 1.29 bits per heavy atom. The minimum atomic E-state index is 0.482. The van der Waals surface area contributed by atoms with Gasteiger partial charge in [0.2, 0.25) is 0 Å². The van der Waals surface area contributed by atoms with Gasteiger partial charge in [0.25, 0.3) is 0 Å². The lowest BCUT2D eigenvalue weighted by atomic mass is 9.87. The average Bonchev–Trinajstić information content (AvgIpc) is 3.22. The number of fused-ring (bicyclic) bond motifs is 1. The van der Waals surface area contributed by atoms with Crippen LogP contribution in [0, 0.1) is 5.92 Å². The largest absolute Gasteiger partial charge is 0.378 e. The Balaban J connectivity index is 1.27. The first-order valence-electron chi connectivity index (χ1n) is 13.8. The predicted molar refractivity (Wildman–Crippen MR) is 135 cm³/mol. The Hall–Kier alpha value is -0.0600. The van der Waals surface area contributed by atoms with Crippen molar-refractivity contribution in [1.82, 2.24) is 0 Å². The standard InChI is InChI=1S/C27H49NO2S/c1-3-5-7-9-10-12-20-30-24-17-18-25-26(21-24)31-27(28-25)22-13-15-23(16-14-22)29-19-11-8-6-4-2/h22-26H,3-21H2,1-2H3. The first-order valence-corrected chi connectivity index (χ1v) is 14.7. The van der Waals surface area contributed by atoms with Crippen LogP contribution in [0.5, 0.6) is 0 Å². The Morgan fingerprint density at radius 3 is 2.00 bits per heavy atom. The molecule has 4 heteroatoms. The van der Waals surface area contributed by atoms with E-state index in [1.165, 1.54) is 114 Å². The van der Waals surface area contributed by atoms with Gasteiger partial charge in [0, 0.05) is 24.4 Å². The third kappa shape index (κ3) is 9.01. The SMILES string of the molecule is CCCCCCCCOC1CCC2N=C(C3CCC(OCCCCCC)CC3)SC2C1. The van der Waals surface area contributed by atoms with E-state index in [9.17, 15) is 0 Å². The van der Waals surface area contributed by atoms with Crippen LogP contribution in [0.15, 0.2) is 4.99 Å². The maximum Gasteiger partial charge on any atom is 0.0714 e. The molecule has 0 aromatic carbocycles. The summed E-state index contributed by atoms with van der Waals surface area (Å²) in [6, 6.07) is 0.571. The summed E-state index contributed by atoms with van der Waals surface area (Å²) in [5, 5.41) is 2.17. The second-order valence-electron chi connectivity index (χ2n) is 10.2. The number of thioether (sulfide) groups is 1. The molecule has 0 saturated heterocycles. The minimum Gasteiger partial charge on any atom is -0.378 e. The van der Waals surface area contributed by atoms with Crippen LogP contribution in [0.25, 0.3) is 0 Å². The van der Waals surface area contributed by atoms with Crippen LogP contribution in [0.4, 0.5) is 0 Å². The van der Waals surface area contributed by atoms with Crippen LogP contribution in [0.3, 0.4) is 0 Å². The monoisotopic (exact) mass is 451 g/mol. The average molecular weight is 452 g/mol. The van der Waals surface area contributed by atoms with Crippen molar-refractivity contribution in [3.63, 3.8) is 0 Å². The van der Waals surface area contributed by atoms with E-state index in [2.05, 4.69) is 25.6 Å². The predicted octanol–water partition coefficient (Wildman–Crippen LogP) is 7.95. The number of ether oxygens (including phenoxy) is 2. The molecule has 2 saturated carbocycles. The van der Waals surface area contributed by atoms with E-state index < -0.39 is 0 Å². The van der Waals surface area contributed by atoms with Gasteiger partial charge in [-0.25, -0.2) is 0 Å². The van der Waals surface area contributed by atoms with Crippen molar-refractivity contribution in [1.29, 1.82) is 0 Å². The van der Waals surface area contributed by atoms with Crippen LogP contribution >= 0.6 is 11.8 Å². The van der Waals surface area contributed by atoms with Crippen molar-refractivity contribution in [2.45, 2.75) is 147 Å². The van der Waals surface area contributed by atoms with Crippen LogP contribution in [-0.4, -0.2) is 41.8 Å². The van der Waals surface area contributed by atoms with Gasteiger partial charge in [-0.1, -0.05) is 65.2 Å². The van der Waals surface area contributed by atoms with E-state index >= 15 is 0 Å². The lowest BCUT2D eigenvalue weighted by molar-refractivity contribution is 0.0218. The zero-order valence-corrected chi connectivity index (χ0v) is 21.3. The fourth-order valence-corrected chi connectivity index (χ4v) is 7.04. The molecule has 0 aromatic heterocycles. The van der Waals surface area contributed by atoms with Gasteiger partial charge in [0.1, 0.15) is 0 Å². The first-order chi connectivity index (χ1) is 15.3. The Kier molecular flexibility index (Phi) is 12.3. The highest BCUT2D eigenvalue weighted by Gasteiger charge is 2.39. The number of nitrogens with zero attached hydrogens (tertiary/aromatic N) is 1. The fraction of sp³-hybridized carbons (Fsp3) is 0.963. The van der Waals surface area contributed by atoms with Gasteiger partial charge in [0.15, 0.2) is 0 Å². The normalized spacial score (nSPS) is 30.9. The maximum absolute atomic E-state index is 6.27. The lowest BCUT2D eigenvalue weighted by Crippen LogP contribution is -2.32. The molecule has 0 radical (unpaired) electrons. The third-order valence-corrected chi connectivity index (χ3v) is 8.99. The van der Waals surface area contributed by atoms with Gasteiger partial charge >= 0.3 is 0 Å². The topological polar surface area (TPSA) is 30.8 Å². The molecule has 2 aliphatic carbocycles. The van der Waals surface area contributed by atoms with E-state index in [4.69, 9.17) is 14.5 Å². The van der Waals surface area contributed by atoms with E-state index in [1.807, 2.05) is 0 Å². The molecule has 3 rings (SSSR count). The molecule has 0 N–H and O–H groups in total. The van der Waals surface area contributed by atoms with Crippen LogP contribution in [0.2, 0.25) is 0 Å². The summed E-state index contributed by atoms with van der Waals surface area (Å²) in [6.45, 7) is 6.49. The van der Waals surface area contributed by atoms with Gasteiger partial charge in [-0.05, 0) is 57.8 Å². The quantitative estimate of drug-likeness (QED) is 0.237. The second kappa shape index (κ2) is 15.0. The van der Waals surface area contributed by atoms with Crippen molar-refractivity contribution in [2.24, 2.45) is 10.9 Å². The Morgan fingerprint density at radius 1 is 0.710 bits per heavy atom. The van der Waals surface area contributed by atoms with Crippen molar-refractivity contribution in [2.75, 3.05) is 13.2 Å². The summed E-state index contributed by atoms with van der Waals surface area (Å²) in [5.41, 5.74) is 0. The number of hydrogen-bond donors (Lipinski definition) is 0. The zero-order chi connectivity index (χ0) is 21.7. The first kappa shape index (κ1) is 25.6. The van der Waals surface area contributed by atoms with Crippen LogP contribution < -0.4 is 0 Å². The summed E-state index contributed by atoms with van der Waals surface area (Å²) in [4.78, 5) is 5.21. The molecule has 1 aliphatic heterocycles. The molecule has 3 unspecified atom stereocenters.